The Morgan fingerprint density at radius 3 is 2.63 bits per heavy atom. The number of alkyl halides is 3. The van der Waals surface area contributed by atoms with E-state index in [4.69, 9.17) is 16.3 Å². The second kappa shape index (κ2) is 12.3. The van der Waals surface area contributed by atoms with Crippen LogP contribution in [-0.2, 0) is 45.4 Å². The number of fused-ring (bicyclic) bond motifs is 2. The van der Waals surface area contributed by atoms with Crippen molar-refractivity contribution in [3.8, 4) is 5.88 Å². The molecular weight excluding hydrogens is 635 g/mol. The summed E-state index contributed by atoms with van der Waals surface area (Å²) in [4.78, 5) is 26.6. The van der Waals surface area contributed by atoms with Crippen molar-refractivity contribution in [2.45, 2.75) is 52.3 Å². The summed E-state index contributed by atoms with van der Waals surface area (Å²) in [7, 11) is 0. The Kier molecular flexibility index (Phi) is 8.42. The van der Waals surface area contributed by atoms with Crippen molar-refractivity contribution in [2.75, 3.05) is 6.54 Å². The molecule has 0 spiro atoms. The van der Waals surface area contributed by atoms with Crippen LogP contribution in [0.25, 0.3) is 11.0 Å². The molecule has 0 atom stereocenters. The van der Waals surface area contributed by atoms with E-state index in [1.54, 1.807) is 17.1 Å². The van der Waals surface area contributed by atoms with E-state index in [2.05, 4.69) is 15.0 Å². The number of aromatic carboxylic acids is 1. The van der Waals surface area contributed by atoms with Gasteiger partial charge in [-0.05, 0) is 49.2 Å². The van der Waals surface area contributed by atoms with Gasteiger partial charge in [-0.3, -0.25) is 4.90 Å². The Bertz CT molecular complexity index is 1960. The Morgan fingerprint density at radius 1 is 1.11 bits per heavy atom. The Labute approximate surface area is 263 Å². The molecule has 0 saturated carbocycles. The molecule has 3 aromatic heterocycles. The number of carboxylic acid groups (broad SMARTS) is 1. The summed E-state index contributed by atoms with van der Waals surface area (Å²) in [5.41, 5.74) is 0.223. The minimum Gasteiger partial charge on any atom is -0.478 e. The van der Waals surface area contributed by atoms with E-state index in [0.717, 1.165) is 23.9 Å². The fraction of sp³-hybridized carbons (Fsp3) is 0.290. The van der Waals surface area contributed by atoms with Crippen LogP contribution in [0.15, 0.2) is 48.9 Å². The highest BCUT2D eigenvalue weighted by Gasteiger charge is 2.37. The summed E-state index contributed by atoms with van der Waals surface area (Å²) >= 11 is 5.78. The number of aryl methyl sites for hydroxylation is 1. The van der Waals surface area contributed by atoms with Gasteiger partial charge in [0.2, 0.25) is 5.88 Å². The summed E-state index contributed by atoms with van der Waals surface area (Å²) < 4.78 is 80.8. The van der Waals surface area contributed by atoms with E-state index < -0.39 is 47.4 Å². The molecule has 5 aromatic rings. The van der Waals surface area contributed by atoms with Gasteiger partial charge in [0.25, 0.3) is 0 Å². The molecule has 0 aliphatic carbocycles. The summed E-state index contributed by atoms with van der Waals surface area (Å²) in [5.74, 6) is -3.31. The van der Waals surface area contributed by atoms with E-state index in [0.29, 0.717) is 30.2 Å². The van der Waals surface area contributed by atoms with E-state index >= 15 is 4.39 Å². The first kappa shape index (κ1) is 31.4. The Hall–Kier alpha value is -4.56. The Balaban J connectivity index is 1.32. The monoisotopic (exact) mass is 660 g/mol. The number of carbonyl (C=O) groups is 1. The molecular formula is C31H26ClF5N6O3. The molecule has 9 nitrogen and oxygen atoms in total. The number of benzene rings is 2. The van der Waals surface area contributed by atoms with Crippen LogP contribution < -0.4 is 4.74 Å². The maximum Gasteiger partial charge on any atom is 0.421 e. The van der Waals surface area contributed by atoms with Gasteiger partial charge in [-0.15, -0.1) is 0 Å². The highest BCUT2D eigenvalue weighted by atomic mass is 35.5. The Morgan fingerprint density at radius 2 is 1.91 bits per heavy atom. The number of nitrogens with zero attached hydrogens (tertiary/aromatic N) is 6. The van der Waals surface area contributed by atoms with Crippen molar-refractivity contribution in [3.63, 3.8) is 0 Å². The van der Waals surface area contributed by atoms with Crippen LogP contribution in [0.2, 0.25) is 5.02 Å². The molecule has 240 valence electrons. The third-order valence-corrected chi connectivity index (χ3v) is 8.13. The number of aromatic nitrogens is 5. The first-order chi connectivity index (χ1) is 21.9. The zero-order valence-corrected chi connectivity index (χ0v) is 25.0. The van der Waals surface area contributed by atoms with Crippen LogP contribution in [0.5, 0.6) is 5.88 Å². The second-order valence-corrected chi connectivity index (χ2v) is 11.3. The molecule has 0 amide bonds. The number of ether oxygens (including phenoxy) is 1. The van der Waals surface area contributed by atoms with Gasteiger partial charge >= 0.3 is 12.1 Å². The average Bonchev–Trinajstić information content (AvgIpc) is 3.60. The van der Waals surface area contributed by atoms with Crippen molar-refractivity contribution in [1.82, 2.24) is 29.0 Å². The third-order valence-electron chi connectivity index (χ3n) is 7.89. The normalized spacial score (nSPS) is 13.7. The van der Waals surface area contributed by atoms with Gasteiger partial charge < -0.3 is 19.0 Å². The van der Waals surface area contributed by atoms with Crippen molar-refractivity contribution >= 4 is 28.6 Å². The minimum absolute atomic E-state index is 0.0141. The summed E-state index contributed by atoms with van der Waals surface area (Å²) in [6, 6.07) is 7.39. The van der Waals surface area contributed by atoms with Crippen LogP contribution in [0.3, 0.4) is 0 Å². The SMILES string of the molecule is CCn1cncc1Cn1c(CN2CCc3cc(C(F)(F)F)c(OCc4ccc(Cl)cc4F)nc3C2)nc2ccc(C(=O)O)c(F)c21. The number of hydrogen-bond acceptors (Lipinski definition) is 6. The maximum atomic E-state index is 15.6. The molecule has 15 heteroatoms. The molecule has 1 aliphatic rings. The van der Waals surface area contributed by atoms with Gasteiger partial charge in [0, 0.05) is 36.4 Å². The van der Waals surface area contributed by atoms with Crippen LogP contribution in [0.1, 0.15) is 51.2 Å². The molecule has 6 rings (SSSR count). The molecule has 0 bridgehead atoms. The number of imidazole rings is 2. The summed E-state index contributed by atoms with van der Waals surface area (Å²) in [6.07, 6.45) is -1.26. The fourth-order valence-electron chi connectivity index (χ4n) is 5.54. The summed E-state index contributed by atoms with van der Waals surface area (Å²) in [5, 5.41) is 9.67. The van der Waals surface area contributed by atoms with E-state index in [-0.39, 0.29) is 47.7 Å². The van der Waals surface area contributed by atoms with Crippen molar-refractivity contribution in [1.29, 1.82) is 0 Å². The predicted octanol–water partition coefficient (Wildman–Crippen LogP) is 6.48. The highest BCUT2D eigenvalue weighted by molar-refractivity contribution is 6.30. The number of rotatable bonds is 9. The van der Waals surface area contributed by atoms with Gasteiger partial charge in [-0.2, -0.15) is 13.2 Å². The fourth-order valence-corrected chi connectivity index (χ4v) is 5.70. The lowest BCUT2D eigenvalue weighted by Crippen LogP contribution is -2.32. The quantitative estimate of drug-likeness (QED) is 0.181. The largest absolute Gasteiger partial charge is 0.478 e. The standard InChI is InChI=1S/C31H26ClF5N6O3/c1-2-42-16-38-11-20(42)12-43-26(39-24-6-5-21(30(44)45)27(34)28(24)43)14-41-8-7-17-9-22(31(35,36)37)29(40-25(17)13-41)46-15-18-3-4-19(32)10-23(18)33/h3-6,9-11,16H,2,7-8,12-15H2,1H3,(H,44,45). The molecule has 4 heterocycles. The zero-order valence-electron chi connectivity index (χ0n) is 24.3. The minimum atomic E-state index is -4.76. The second-order valence-electron chi connectivity index (χ2n) is 10.8. The lowest BCUT2D eigenvalue weighted by atomic mass is 10.0. The van der Waals surface area contributed by atoms with E-state index in [1.165, 1.54) is 18.2 Å². The van der Waals surface area contributed by atoms with Crippen molar-refractivity contribution in [3.05, 3.63) is 105 Å². The number of carboxylic acids is 1. The average molecular weight is 661 g/mol. The van der Waals surface area contributed by atoms with Crippen LogP contribution in [0, 0.1) is 11.6 Å². The first-order valence-electron chi connectivity index (χ1n) is 14.2. The van der Waals surface area contributed by atoms with Gasteiger partial charge in [0.15, 0.2) is 5.82 Å². The molecule has 2 aromatic carbocycles. The predicted molar refractivity (Wildman–Crippen MR) is 156 cm³/mol. The summed E-state index contributed by atoms with van der Waals surface area (Å²) in [6.45, 7) is 2.81. The highest BCUT2D eigenvalue weighted by Crippen LogP contribution is 2.38. The number of hydrogen-bond donors (Lipinski definition) is 1. The number of halogens is 6. The molecule has 1 aliphatic heterocycles. The lowest BCUT2D eigenvalue weighted by Gasteiger charge is -2.29. The zero-order chi connectivity index (χ0) is 32.7. The van der Waals surface area contributed by atoms with E-state index in [9.17, 15) is 27.5 Å². The van der Waals surface area contributed by atoms with Gasteiger partial charge in [-0.25, -0.2) is 28.5 Å². The van der Waals surface area contributed by atoms with Gasteiger partial charge in [0.1, 0.15) is 29.3 Å². The van der Waals surface area contributed by atoms with Crippen LogP contribution in [-0.4, -0.2) is 46.6 Å². The number of pyridine rings is 1. The molecule has 1 N–H and O–H groups in total. The van der Waals surface area contributed by atoms with Crippen molar-refractivity contribution < 1.29 is 36.6 Å². The molecule has 0 radical (unpaired) electrons. The molecule has 46 heavy (non-hydrogen) atoms. The topological polar surface area (TPSA) is 98.3 Å². The van der Waals surface area contributed by atoms with Crippen molar-refractivity contribution in [2.24, 2.45) is 0 Å². The molecule has 0 fully saturated rings. The van der Waals surface area contributed by atoms with Gasteiger partial charge in [0.05, 0.1) is 41.9 Å². The third kappa shape index (κ3) is 6.14. The maximum absolute atomic E-state index is 15.6. The lowest BCUT2D eigenvalue weighted by molar-refractivity contribution is -0.139. The first-order valence-corrected chi connectivity index (χ1v) is 14.6. The van der Waals surface area contributed by atoms with Crippen LogP contribution in [0.4, 0.5) is 22.0 Å². The van der Waals surface area contributed by atoms with Gasteiger partial charge in [-0.1, -0.05) is 17.7 Å². The van der Waals surface area contributed by atoms with Crippen LogP contribution >= 0.6 is 11.6 Å². The smallest absolute Gasteiger partial charge is 0.421 e. The molecule has 0 unspecified atom stereocenters. The van der Waals surface area contributed by atoms with E-state index in [1.807, 2.05) is 16.4 Å². The molecule has 0 saturated heterocycles.